The number of rotatable bonds is 5. The third-order valence-corrected chi connectivity index (χ3v) is 2.78. The summed E-state index contributed by atoms with van der Waals surface area (Å²) in [6, 6.07) is 8.74. The zero-order valence-corrected chi connectivity index (χ0v) is 11.0. The fourth-order valence-corrected chi connectivity index (χ4v) is 1.76. The maximum absolute atomic E-state index is 11.1. The molecule has 0 bridgehead atoms. The second-order valence-corrected chi connectivity index (χ2v) is 4.35. The number of carbonyl (C=O) groups is 1. The summed E-state index contributed by atoms with van der Waals surface area (Å²) in [7, 11) is 0. The van der Waals surface area contributed by atoms with Crippen LogP contribution in [-0.2, 0) is 6.42 Å². The van der Waals surface area contributed by atoms with E-state index in [1.165, 1.54) is 6.20 Å². The van der Waals surface area contributed by atoms with Crippen LogP contribution in [0, 0.1) is 6.92 Å². The molecule has 0 atom stereocenters. The molecule has 0 fully saturated rings. The largest absolute Gasteiger partial charge is 0.477 e. The average Bonchev–Trinajstić information content (AvgIpc) is 2.41. The fourth-order valence-electron chi connectivity index (χ4n) is 1.76. The summed E-state index contributed by atoms with van der Waals surface area (Å²) in [4.78, 5) is 15.1. The van der Waals surface area contributed by atoms with Crippen molar-refractivity contribution < 1.29 is 19.7 Å². The molecule has 0 amide bonds. The van der Waals surface area contributed by atoms with Gasteiger partial charge in [-0.2, -0.15) is 0 Å². The molecule has 0 unspecified atom stereocenters. The number of aromatic carboxylic acids is 1. The van der Waals surface area contributed by atoms with E-state index in [-0.39, 0.29) is 17.9 Å². The van der Waals surface area contributed by atoms with E-state index in [0.29, 0.717) is 17.9 Å². The van der Waals surface area contributed by atoms with E-state index < -0.39 is 5.97 Å². The third kappa shape index (κ3) is 3.33. The number of carboxylic acid groups (broad SMARTS) is 1. The smallest absolute Gasteiger partial charge is 0.341 e. The standard InChI is InChI=1S/C15H15NO4/c1-10-8-14(13(9-16-10)15(18)19)20-12-4-2-11(3-5-12)6-7-17/h2-5,8-9,17H,6-7H2,1H3,(H,18,19). The van der Waals surface area contributed by atoms with Crippen LogP contribution in [0.1, 0.15) is 21.6 Å². The minimum atomic E-state index is -1.08. The molecule has 0 radical (unpaired) electrons. The highest BCUT2D eigenvalue weighted by molar-refractivity contribution is 5.90. The van der Waals surface area contributed by atoms with Crippen molar-refractivity contribution >= 4 is 5.97 Å². The molecule has 0 aliphatic carbocycles. The van der Waals surface area contributed by atoms with Crippen LogP contribution in [0.5, 0.6) is 11.5 Å². The minimum Gasteiger partial charge on any atom is -0.477 e. The normalized spacial score (nSPS) is 10.3. The van der Waals surface area contributed by atoms with E-state index in [2.05, 4.69) is 4.98 Å². The summed E-state index contributed by atoms with van der Waals surface area (Å²) in [5.74, 6) is -0.274. The number of hydrogen-bond acceptors (Lipinski definition) is 4. The molecule has 5 heteroatoms. The van der Waals surface area contributed by atoms with Crippen molar-refractivity contribution in [3.8, 4) is 11.5 Å². The highest BCUT2D eigenvalue weighted by atomic mass is 16.5. The number of aryl methyl sites for hydroxylation is 1. The van der Waals surface area contributed by atoms with Crippen molar-refractivity contribution in [3.05, 3.63) is 53.3 Å². The van der Waals surface area contributed by atoms with Gasteiger partial charge in [-0.25, -0.2) is 4.79 Å². The minimum absolute atomic E-state index is 0.0232. The number of nitrogens with zero attached hydrogens (tertiary/aromatic N) is 1. The van der Waals surface area contributed by atoms with Crippen LogP contribution >= 0.6 is 0 Å². The molecule has 2 rings (SSSR count). The lowest BCUT2D eigenvalue weighted by Gasteiger charge is -2.09. The number of aliphatic hydroxyl groups is 1. The first kappa shape index (κ1) is 14.0. The molecule has 5 nitrogen and oxygen atoms in total. The van der Waals surface area contributed by atoms with Gasteiger partial charge in [0.25, 0.3) is 0 Å². The van der Waals surface area contributed by atoms with Crippen LogP contribution in [-0.4, -0.2) is 27.8 Å². The topological polar surface area (TPSA) is 79.7 Å². The Bertz CT molecular complexity index is 608. The zero-order chi connectivity index (χ0) is 14.5. The van der Waals surface area contributed by atoms with Crippen molar-refractivity contribution in [2.75, 3.05) is 6.61 Å². The van der Waals surface area contributed by atoms with Crippen LogP contribution in [0.3, 0.4) is 0 Å². The van der Waals surface area contributed by atoms with Gasteiger partial charge < -0.3 is 14.9 Å². The molecule has 0 saturated heterocycles. The molecule has 1 heterocycles. The van der Waals surface area contributed by atoms with Crippen molar-refractivity contribution in [3.63, 3.8) is 0 Å². The Morgan fingerprint density at radius 2 is 2.00 bits per heavy atom. The molecular weight excluding hydrogens is 258 g/mol. The lowest BCUT2D eigenvalue weighted by Crippen LogP contribution is -2.02. The maximum Gasteiger partial charge on any atom is 0.341 e. The van der Waals surface area contributed by atoms with Gasteiger partial charge in [0.05, 0.1) is 0 Å². The fraction of sp³-hybridized carbons (Fsp3) is 0.200. The Labute approximate surface area is 116 Å². The van der Waals surface area contributed by atoms with E-state index in [0.717, 1.165) is 5.56 Å². The van der Waals surface area contributed by atoms with Gasteiger partial charge in [-0.1, -0.05) is 12.1 Å². The van der Waals surface area contributed by atoms with Gasteiger partial charge in [-0.3, -0.25) is 4.98 Å². The monoisotopic (exact) mass is 273 g/mol. The van der Waals surface area contributed by atoms with E-state index in [4.69, 9.17) is 14.9 Å². The van der Waals surface area contributed by atoms with Gasteiger partial charge in [-0.05, 0) is 31.0 Å². The molecule has 0 spiro atoms. The SMILES string of the molecule is Cc1cc(Oc2ccc(CCO)cc2)c(C(=O)O)cn1. The van der Waals surface area contributed by atoms with Crippen LogP contribution in [0.25, 0.3) is 0 Å². The average molecular weight is 273 g/mol. The molecule has 2 N–H and O–H groups in total. The molecule has 0 aliphatic rings. The predicted octanol–water partition coefficient (Wildman–Crippen LogP) is 2.42. The predicted molar refractivity (Wildman–Crippen MR) is 73.2 cm³/mol. The van der Waals surface area contributed by atoms with E-state index in [9.17, 15) is 4.79 Å². The van der Waals surface area contributed by atoms with E-state index >= 15 is 0 Å². The summed E-state index contributed by atoms with van der Waals surface area (Å²) in [6.45, 7) is 1.86. The Morgan fingerprint density at radius 1 is 1.30 bits per heavy atom. The molecule has 2 aromatic rings. The zero-order valence-electron chi connectivity index (χ0n) is 11.0. The quantitative estimate of drug-likeness (QED) is 0.874. The Morgan fingerprint density at radius 3 is 2.60 bits per heavy atom. The Hall–Kier alpha value is -2.40. The highest BCUT2D eigenvalue weighted by Gasteiger charge is 2.13. The summed E-state index contributed by atoms with van der Waals surface area (Å²) in [5.41, 5.74) is 1.70. The van der Waals surface area contributed by atoms with Crippen molar-refractivity contribution in [1.82, 2.24) is 4.98 Å². The lowest BCUT2D eigenvalue weighted by molar-refractivity contribution is 0.0693. The van der Waals surface area contributed by atoms with Crippen molar-refractivity contribution in [2.24, 2.45) is 0 Å². The summed E-state index contributed by atoms with van der Waals surface area (Å²) in [6.07, 6.45) is 1.86. The maximum atomic E-state index is 11.1. The van der Waals surface area contributed by atoms with Gasteiger partial charge in [0.2, 0.25) is 0 Å². The van der Waals surface area contributed by atoms with Crippen LogP contribution in [0.15, 0.2) is 36.5 Å². The van der Waals surface area contributed by atoms with Crippen LogP contribution in [0.4, 0.5) is 0 Å². The second kappa shape index (κ2) is 6.16. The first-order chi connectivity index (χ1) is 9.60. The van der Waals surface area contributed by atoms with Gasteiger partial charge in [0.1, 0.15) is 17.1 Å². The van der Waals surface area contributed by atoms with E-state index in [1.807, 2.05) is 12.1 Å². The molecule has 0 saturated carbocycles. The number of aromatic nitrogens is 1. The Balaban J connectivity index is 2.25. The van der Waals surface area contributed by atoms with Gasteiger partial charge >= 0.3 is 5.97 Å². The number of carboxylic acids is 1. The lowest BCUT2D eigenvalue weighted by atomic mass is 10.1. The van der Waals surface area contributed by atoms with Crippen molar-refractivity contribution in [1.29, 1.82) is 0 Å². The molecule has 20 heavy (non-hydrogen) atoms. The summed E-state index contributed by atoms with van der Waals surface area (Å²) >= 11 is 0. The van der Waals surface area contributed by atoms with Gasteiger partial charge in [0.15, 0.2) is 0 Å². The van der Waals surface area contributed by atoms with Gasteiger partial charge in [0, 0.05) is 24.6 Å². The molecule has 104 valence electrons. The molecular formula is C15H15NO4. The van der Waals surface area contributed by atoms with Crippen LogP contribution < -0.4 is 4.74 Å². The molecule has 0 aliphatic heterocycles. The van der Waals surface area contributed by atoms with Crippen molar-refractivity contribution in [2.45, 2.75) is 13.3 Å². The van der Waals surface area contributed by atoms with E-state index in [1.54, 1.807) is 25.1 Å². The van der Waals surface area contributed by atoms with Crippen LogP contribution in [0.2, 0.25) is 0 Å². The van der Waals surface area contributed by atoms with Gasteiger partial charge in [-0.15, -0.1) is 0 Å². The summed E-state index contributed by atoms with van der Waals surface area (Å²) < 4.78 is 5.60. The second-order valence-electron chi connectivity index (χ2n) is 4.35. The number of ether oxygens (including phenoxy) is 1. The molecule has 1 aromatic heterocycles. The highest BCUT2D eigenvalue weighted by Crippen LogP contribution is 2.26. The first-order valence-electron chi connectivity index (χ1n) is 6.17. The Kier molecular flexibility index (Phi) is 4.32. The third-order valence-electron chi connectivity index (χ3n) is 2.78. The number of aliphatic hydroxyl groups excluding tert-OH is 1. The first-order valence-corrected chi connectivity index (χ1v) is 6.17. The number of pyridine rings is 1. The molecule has 1 aromatic carbocycles. The number of hydrogen-bond donors (Lipinski definition) is 2. The summed E-state index contributed by atoms with van der Waals surface area (Å²) in [5, 5.41) is 17.9. The number of benzene rings is 1.